The second-order valence-electron chi connectivity index (χ2n) is 6.48. The molecule has 1 aromatic heterocycles. The monoisotopic (exact) mass is 355 g/mol. The number of hydrogen-bond acceptors (Lipinski definition) is 1. The summed E-state index contributed by atoms with van der Waals surface area (Å²) in [4.78, 5) is 11.6. The van der Waals surface area contributed by atoms with Gasteiger partial charge in [-0.3, -0.25) is 4.79 Å². The molecule has 0 fully saturated rings. The number of benzene rings is 3. The van der Waals surface area contributed by atoms with Crippen LogP contribution >= 0.6 is 0 Å². The maximum absolute atomic E-state index is 13.4. The van der Waals surface area contributed by atoms with Crippen molar-refractivity contribution in [2.75, 3.05) is 0 Å². The van der Waals surface area contributed by atoms with E-state index in [1.54, 1.807) is 18.2 Å². The minimum atomic E-state index is -0.305. The number of carbonyl (C=O) groups excluding carboxylic acids is 1. The predicted octanol–water partition coefficient (Wildman–Crippen LogP) is 6.07. The minimum Gasteiger partial charge on any atom is -0.307 e. The zero-order valence-corrected chi connectivity index (χ0v) is 14.9. The van der Waals surface area contributed by atoms with Crippen LogP contribution in [0.25, 0.3) is 28.1 Å². The van der Waals surface area contributed by atoms with Gasteiger partial charge in [0.2, 0.25) is 0 Å². The van der Waals surface area contributed by atoms with Gasteiger partial charge in [-0.25, -0.2) is 4.39 Å². The van der Waals surface area contributed by atoms with Gasteiger partial charge >= 0.3 is 0 Å². The number of aromatic nitrogens is 1. The Morgan fingerprint density at radius 2 is 1.44 bits per heavy atom. The van der Waals surface area contributed by atoms with E-state index in [9.17, 15) is 9.18 Å². The Hall–Kier alpha value is -3.46. The average Bonchev–Trinajstić information content (AvgIpc) is 3.13. The van der Waals surface area contributed by atoms with E-state index in [2.05, 4.69) is 37.3 Å². The van der Waals surface area contributed by atoms with Crippen molar-refractivity contribution in [3.8, 4) is 28.1 Å². The Kier molecular flexibility index (Phi) is 4.43. The van der Waals surface area contributed by atoms with Gasteiger partial charge in [-0.2, -0.15) is 0 Å². The Balaban J connectivity index is 1.93. The highest BCUT2D eigenvalue weighted by Gasteiger charge is 2.15. The topological polar surface area (TPSA) is 22.0 Å². The minimum absolute atomic E-state index is 0.305. The first-order valence-electron chi connectivity index (χ1n) is 8.76. The first kappa shape index (κ1) is 17.0. The van der Waals surface area contributed by atoms with Gasteiger partial charge in [0.25, 0.3) is 0 Å². The van der Waals surface area contributed by atoms with Crippen LogP contribution in [-0.2, 0) is 0 Å². The largest absolute Gasteiger partial charge is 0.307 e. The summed E-state index contributed by atoms with van der Waals surface area (Å²) >= 11 is 0. The second-order valence-corrected chi connectivity index (χ2v) is 6.48. The number of aldehydes is 1. The summed E-state index contributed by atoms with van der Waals surface area (Å²) in [6, 6.07) is 26.4. The molecule has 1 heterocycles. The molecule has 4 rings (SSSR count). The number of rotatable bonds is 4. The number of halogens is 1. The quantitative estimate of drug-likeness (QED) is 0.407. The van der Waals surface area contributed by atoms with Crippen LogP contribution in [0.15, 0.2) is 84.9 Å². The lowest BCUT2D eigenvalue weighted by molar-refractivity contribution is 0.111. The zero-order valence-electron chi connectivity index (χ0n) is 14.9. The van der Waals surface area contributed by atoms with Crippen molar-refractivity contribution < 1.29 is 9.18 Å². The van der Waals surface area contributed by atoms with Crippen molar-refractivity contribution in [1.82, 2.24) is 4.57 Å². The van der Waals surface area contributed by atoms with E-state index in [-0.39, 0.29) is 5.82 Å². The fourth-order valence-electron chi connectivity index (χ4n) is 3.32. The molecule has 4 aromatic rings. The fourth-order valence-corrected chi connectivity index (χ4v) is 3.32. The molecule has 0 aliphatic carbocycles. The molecule has 0 spiro atoms. The highest BCUT2D eigenvalue weighted by atomic mass is 19.1. The van der Waals surface area contributed by atoms with Crippen molar-refractivity contribution >= 4 is 6.29 Å². The van der Waals surface area contributed by atoms with Crippen LogP contribution in [0.5, 0.6) is 0 Å². The van der Waals surface area contributed by atoms with Crippen molar-refractivity contribution in [1.29, 1.82) is 0 Å². The summed E-state index contributed by atoms with van der Waals surface area (Å²) in [5, 5.41) is 0. The van der Waals surface area contributed by atoms with Gasteiger partial charge in [-0.1, -0.05) is 54.1 Å². The van der Waals surface area contributed by atoms with Crippen LogP contribution in [0, 0.1) is 12.7 Å². The van der Waals surface area contributed by atoms with Gasteiger partial charge in [0.05, 0.1) is 11.4 Å². The van der Waals surface area contributed by atoms with Crippen LogP contribution in [0.2, 0.25) is 0 Å². The van der Waals surface area contributed by atoms with Gasteiger partial charge in [0, 0.05) is 11.3 Å². The zero-order chi connectivity index (χ0) is 18.8. The van der Waals surface area contributed by atoms with Gasteiger partial charge in [-0.05, 0) is 54.4 Å². The van der Waals surface area contributed by atoms with Crippen molar-refractivity contribution in [3.05, 3.63) is 102 Å². The van der Waals surface area contributed by atoms with E-state index in [0.29, 0.717) is 5.69 Å². The third kappa shape index (κ3) is 3.20. The third-order valence-electron chi connectivity index (χ3n) is 4.68. The van der Waals surface area contributed by atoms with Gasteiger partial charge in [0.15, 0.2) is 6.29 Å². The van der Waals surface area contributed by atoms with Crippen molar-refractivity contribution in [2.45, 2.75) is 6.92 Å². The maximum atomic E-state index is 13.4. The fraction of sp³-hybridized carbons (Fsp3) is 0.0417. The molecule has 0 saturated carbocycles. The lowest BCUT2D eigenvalue weighted by Crippen LogP contribution is -2.02. The van der Waals surface area contributed by atoms with E-state index in [4.69, 9.17) is 0 Å². The summed E-state index contributed by atoms with van der Waals surface area (Å²) in [6.07, 6.45) is 0.821. The van der Waals surface area contributed by atoms with Crippen LogP contribution in [0.1, 0.15) is 16.1 Å². The highest BCUT2D eigenvalue weighted by molar-refractivity contribution is 5.86. The Bertz CT molecular complexity index is 1090. The Morgan fingerprint density at radius 3 is 2.11 bits per heavy atom. The molecule has 2 nitrogen and oxygen atoms in total. The molecule has 27 heavy (non-hydrogen) atoms. The molecule has 0 unspecified atom stereocenters. The molecule has 0 aliphatic rings. The van der Waals surface area contributed by atoms with Crippen molar-refractivity contribution in [2.24, 2.45) is 0 Å². The van der Waals surface area contributed by atoms with E-state index in [1.807, 2.05) is 28.8 Å². The summed E-state index contributed by atoms with van der Waals surface area (Å²) in [5.41, 5.74) is 6.56. The van der Waals surface area contributed by atoms with Crippen LogP contribution in [0.3, 0.4) is 0 Å². The lowest BCUT2D eigenvalue weighted by atomic mass is 9.97. The maximum Gasteiger partial charge on any atom is 0.166 e. The molecule has 0 radical (unpaired) electrons. The molecule has 0 bridgehead atoms. The summed E-state index contributed by atoms with van der Waals surface area (Å²) in [5.74, 6) is -0.305. The molecule has 132 valence electrons. The number of nitrogens with zero attached hydrogens (tertiary/aromatic N) is 1. The van der Waals surface area contributed by atoms with Crippen LogP contribution in [-0.4, -0.2) is 10.9 Å². The Morgan fingerprint density at radius 1 is 0.778 bits per heavy atom. The normalized spacial score (nSPS) is 10.7. The number of carbonyl (C=O) groups is 1. The van der Waals surface area contributed by atoms with Gasteiger partial charge in [-0.15, -0.1) is 0 Å². The molecular formula is C24H18FNO. The van der Waals surface area contributed by atoms with Gasteiger partial charge < -0.3 is 4.57 Å². The van der Waals surface area contributed by atoms with Gasteiger partial charge in [0.1, 0.15) is 5.82 Å². The first-order valence-corrected chi connectivity index (χ1v) is 8.76. The smallest absolute Gasteiger partial charge is 0.166 e. The molecule has 0 N–H and O–H groups in total. The number of hydrogen-bond donors (Lipinski definition) is 0. The number of aryl methyl sites for hydroxylation is 1. The van der Waals surface area contributed by atoms with E-state index in [1.165, 1.54) is 17.7 Å². The molecule has 0 saturated heterocycles. The van der Waals surface area contributed by atoms with Crippen LogP contribution < -0.4 is 0 Å². The molecule has 3 heteroatoms. The standard InChI is InChI=1S/C24H18FNO/c1-17-6-8-18(9-7-17)22-4-2-3-5-23(22)24-15-14-21(16-27)26(24)20-12-10-19(25)11-13-20/h2-16H,1H3. The highest BCUT2D eigenvalue weighted by Crippen LogP contribution is 2.34. The lowest BCUT2D eigenvalue weighted by Gasteiger charge is -2.15. The van der Waals surface area contributed by atoms with E-state index in [0.717, 1.165) is 34.4 Å². The summed E-state index contributed by atoms with van der Waals surface area (Å²) in [6.45, 7) is 2.06. The molecule has 0 aliphatic heterocycles. The first-order chi connectivity index (χ1) is 13.2. The average molecular weight is 355 g/mol. The third-order valence-corrected chi connectivity index (χ3v) is 4.68. The molecule has 0 amide bonds. The van der Waals surface area contributed by atoms with E-state index < -0.39 is 0 Å². The molecular weight excluding hydrogens is 337 g/mol. The SMILES string of the molecule is Cc1ccc(-c2ccccc2-c2ccc(C=O)n2-c2ccc(F)cc2)cc1. The molecule has 3 aromatic carbocycles. The van der Waals surface area contributed by atoms with Crippen molar-refractivity contribution in [3.63, 3.8) is 0 Å². The Labute approximate surface area is 157 Å². The van der Waals surface area contributed by atoms with Crippen LogP contribution in [0.4, 0.5) is 4.39 Å². The molecule has 0 atom stereocenters. The summed E-state index contributed by atoms with van der Waals surface area (Å²) in [7, 11) is 0. The predicted molar refractivity (Wildman–Crippen MR) is 107 cm³/mol. The summed E-state index contributed by atoms with van der Waals surface area (Å²) < 4.78 is 15.2. The second kappa shape index (κ2) is 7.04. The van der Waals surface area contributed by atoms with E-state index >= 15 is 0 Å².